The van der Waals surface area contributed by atoms with Crippen LogP contribution in [-0.4, -0.2) is 33.4 Å². The van der Waals surface area contributed by atoms with Crippen molar-refractivity contribution in [3.8, 4) is 11.6 Å². The third-order valence-electron chi connectivity index (χ3n) is 6.29. The number of nitrogens with zero attached hydrogens (tertiary/aromatic N) is 2. The lowest BCUT2D eigenvalue weighted by Gasteiger charge is -2.07. The zero-order valence-electron chi connectivity index (χ0n) is 18.4. The van der Waals surface area contributed by atoms with Gasteiger partial charge in [0.05, 0.1) is 36.0 Å². The van der Waals surface area contributed by atoms with E-state index >= 15 is 0 Å². The van der Waals surface area contributed by atoms with Crippen LogP contribution in [0.15, 0.2) is 90.1 Å². The number of allylic oxidation sites excluding steroid dienone is 1. The number of nitrogens with one attached hydrogen (secondary N) is 1. The van der Waals surface area contributed by atoms with Crippen LogP contribution in [0.1, 0.15) is 16.7 Å². The molecule has 0 saturated carbocycles. The van der Waals surface area contributed by atoms with E-state index < -0.39 is 0 Å². The second-order valence-corrected chi connectivity index (χ2v) is 8.26. The van der Waals surface area contributed by atoms with Crippen LogP contribution in [0.2, 0.25) is 0 Å². The number of aromatic amines is 1. The van der Waals surface area contributed by atoms with E-state index in [1.165, 1.54) is 0 Å². The van der Waals surface area contributed by atoms with E-state index in [-0.39, 0.29) is 11.8 Å². The summed E-state index contributed by atoms with van der Waals surface area (Å²) in [5, 5.41) is 13.0. The van der Waals surface area contributed by atoms with Crippen molar-refractivity contribution in [1.82, 2.24) is 9.55 Å². The quantitative estimate of drug-likeness (QED) is 0.384. The van der Waals surface area contributed by atoms with Crippen LogP contribution >= 0.6 is 0 Å². The Kier molecular flexibility index (Phi) is 4.59. The summed E-state index contributed by atoms with van der Waals surface area (Å²) in [5.74, 6) is 0.413. The Hall–Kier alpha value is -4.58. The van der Waals surface area contributed by atoms with Crippen LogP contribution in [0.3, 0.4) is 0 Å². The van der Waals surface area contributed by atoms with Crippen molar-refractivity contribution in [2.75, 3.05) is 7.11 Å². The van der Waals surface area contributed by atoms with Gasteiger partial charge in [-0.25, -0.2) is 4.99 Å². The number of para-hydroxylation sites is 1. The van der Waals surface area contributed by atoms with Gasteiger partial charge in [-0.3, -0.25) is 4.79 Å². The number of benzene rings is 3. The van der Waals surface area contributed by atoms with Gasteiger partial charge in [0.2, 0.25) is 5.88 Å². The first kappa shape index (κ1) is 20.1. The number of aromatic nitrogens is 2. The van der Waals surface area contributed by atoms with Crippen molar-refractivity contribution in [2.24, 2.45) is 4.99 Å². The fraction of sp³-hybridized carbons (Fsp3) is 0.0714. The maximum absolute atomic E-state index is 13.1. The molecule has 2 aromatic heterocycles. The fourth-order valence-electron chi connectivity index (χ4n) is 4.64. The minimum Gasteiger partial charge on any atom is -0.497 e. The molecule has 6 rings (SSSR count). The molecule has 6 heteroatoms. The summed E-state index contributed by atoms with van der Waals surface area (Å²) in [4.78, 5) is 20.7. The van der Waals surface area contributed by atoms with Gasteiger partial charge in [-0.05, 0) is 35.9 Å². The average Bonchev–Trinajstić information content (AvgIpc) is 3.53. The number of aromatic hydroxyl groups is 1. The first-order valence-electron chi connectivity index (χ1n) is 11.0. The molecule has 0 radical (unpaired) electrons. The van der Waals surface area contributed by atoms with Gasteiger partial charge in [-0.1, -0.05) is 48.5 Å². The molecule has 3 heterocycles. The SMILES string of the molecule is COc1ccc2[nH]cc(C3=NC(=O)C(c4c(O)n(Cc5ccccc5)c5ccccc45)=C3)c2c1. The maximum atomic E-state index is 13.1. The summed E-state index contributed by atoms with van der Waals surface area (Å²) in [6.45, 7) is 0.491. The third-order valence-corrected chi connectivity index (χ3v) is 6.29. The third kappa shape index (κ3) is 3.11. The molecule has 6 nitrogen and oxygen atoms in total. The van der Waals surface area contributed by atoms with Crippen LogP contribution in [0.4, 0.5) is 0 Å². The number of hydrogen-bond acceptors (Lipinski definition) is 3. The normalized spacial score (nSPS) is 13.5. The lowest BCUT2D eigenvalue weighted by atomic mass is 10.0. The number of aliphatic imine (C=N–C) groups is 1. The van der Waals surface area contributed by atoms with Crippen LogP contribution < -0.4 is 4.74 Å². The summed E-state index contributed by atoms with van der Waals surface area (Å²) in [6, 6.07) is 23.4. The van der Waals surface area contributed by atoms with Crippen LogP contribution in [-0.2, 0) is 11.3 Å². The van der Waals surface area contributed by atoms with Gasteiger partial charge in [-0.2, -0.15) is 0 Å². The molecular weight excluding hydrogens is 426 g/mol. The van der Waals surface area contributed by atoms with E-state index in [4.69, 9.17) is 4.74 Å². The molecular formula is C28H21N3O3. The van der Waals surface area contributed by atoms with E-state index in [1.54, 1.807) is 13.2 Å². The monoisotopic (exact) mass is 447 g/mol. The Bertz CT molecular complexity index is 1640. The maximum Gasteiger partial charge on any atom is 0.278 e. The van der Waals surface area contributed by atoms with Crippen molar-refractivity contribution in [3.63, 3.8) is 0 Å². The van der Waals surface area contributed by atoms with Gasteiger partial charge in [0.15, 0.2) is 0 Å². The second-order valence-electron chi connectivity index (χ2n) is 8.26. The number of amides is 1. The molecule has 0 bridgehead atoms. The molecule has 1 amide bonds. The Labute approximate surface area is 195 Å². The molecule has 1 aliphatic rings. The average molecular weight is 447 g/mol. The number of carbonyl (C=O) groups is 1. The van der Waals surface area contributed by atoms with Gasteiger partial charge < -0.3 is 19.4 Å². The topological polar surface area (TPSA) is 79.6 Å². The summed E-state index contributed by atoms with van der Waals surface area (Å²) < 4.78 is 7.20. The number of H-pyrrole nitrogens is 1. The molecule has 0 spiro atoms. The fourth-order valence-corrected chi connectivity index (χ4v) is 4.64. The summed E-state index contributed by atoms with van der Waals surface area (Å²) in [7, 11) is 1.62. The van der Waals surface area contributed by atoms with E-state index in [0.29, 0.717) is 23.4 Å². The highest BCUT2D eigenvalue weighted by atomic mass is 16.5. The molecule has 0 atom stereocenters. The van der Waals surface area contributed by atoms with Gasteiger partial charge in [0.1, 0.15) is 5.75 Å². The van der Waals surface area contributed by atoms with Crippen molar-refractivity contribution in [1.29, 1.82) is 0 Å². The number of methoxy groups -OCH3 is 1. The minimum absolute atomic E-state index is 0.0571. The summed E-state index contributed by atoms with van der Waals surface area (Å²) >= 11 is 0. The van der Waals surface area contributed by atoms with Crippen molar-refractivity contribution in [3.05, 3.63) is 102 Å². The van der Waals surface area contributed by atoms with E-state index in [0.717, 1.165) is 38.7 Å². The molecule has 0 aliphatic carbocycles. The van der Waals surface area contributed by atoms with Gasteiger partial charge in [-0.15, -0.1) is 0 Å². The molecule has 2 N–H and O–H groups in total. The van der Waals surface area contributed by atoms with Crippen molar-refractivity contribution >= 4 is 39.0 Å². The van der Waals surface area contributed by atoms with Crippen LogP contribution in [0.5, 0.6) is 11.6 Å². The molecule has 0 fully saturated rings. The van der Waals surface area contributed by atoms with E-state index in [2.05, 4.69) is 9.98 Å². The number of fused-ring (bicyclic) bond motifs is 2. The molecule has 34 heavy (non-hydrogen) atoms. The van der Waals surface area contributed by atoms with E-state index in [1.807, 2.05) is 83.6 Å². The zero-order chi connectivity index (χ0) is 23.2. The molecule has 3 aromatic carbocycles. The second kappa shape index (κ2) is 7.78. The van der Waals surface area contributed by atoms with Crippen LogP contribution in [0, 0.1) is 0 Å². The Morgan fingerprint density at radius 3 is 2.62 bits per heavy atom. The molecule has 166 valence electrons. The molecule has 1 aliphatic heterocycles. The number of hydrogen-bond donors (Lipinski definition) is 2. The van der Waals surface area contributed by atoms with E-state index in [9.17, 15) is 9.90 Å². The Morgan fingerprint density at radius 1 is 1.00 bits per heavy atom. The smallest absolute Gasteiger partial charge is 0.278 e. The molecule has 0 saturated heterocycles. The highest BCUT2D eigenvalue weighted by Crippen LogP contribution is 2.39. The lowest BCUT2D eigenvalue weighted by molar-refractivity contribution is -0.112. The number of rotatable bonds is 5. The predicted octanol–water partition coefficient (Wildman–Crippen LogP) is 5.30. The highest BCUT2D eigenvalue weighted by Gasteiger charge is 2.28. The first-order chi connectivity index (χ1) is 16.6. The van der Waals surface area contributed by atoms with Gasteiger partial charge in [0, 0.05) is 28.0 Å². The Balaban J connectivity index is 1.48. The van der Waals surface area contributed by atoms with Gasteiger partial charge in [0.25, 0.3) is 5.91 Å². The predicted molar refractivity (Wildman–Crippen MR) is 134 cm³/mol. The summed E-state index contributed by atoms with van der Waals surface area (Å²) in [6.07, 6.45) is 3.60. The largest absolute Gasteiger partial charge is 0.497 e. The summed E-state index contributed by atoms with van der Waals surface area (Å²) in [5.41, 5.74) is 5.10. The lowest BCUT2D eigenvalue weighted by Crippen LogP contribution is -1.99. The molecule has 5 aromatic rings. The Morgan fingerprint density at radius 2 is 1.79 bits per heavy atom. The first-order valence-corrected chi connectivity index (χ1v) is 11.0. The van der Waals surface area contributed by atoms with Crippen molar-refractivity contribution < 1.29 is 14.6 Å². The zero-order valence-corrected chi connectivity index (χ0v) is 18.4. The highest BCUT2D eigenvalue weighted by molar-refractivity contribution is 6.39. The van der Waals surface area contributed by atoms with Crippen molar-refractivity contribution in [2.45, 2.75) is 6.54 Å². The van der Waals surface area contributed by atoms with Gasteiger partial charge >= 0.3 is 0 Å². The number of ether oxygens (including phenoxy) is 1. The standard InChI is InChI=1S/C28H21N3O3/c1-34-18-11-12-23-20(13-18)22(15-29-23)24-14-21(27(32)30-24)26-19-9-5-6-10-25(19)31(28(26)33)16-17-7-3-2-4-8-17/h2-15,29,33H,16H2,1H3. The number of carbonyl (C=O) groups excluding carboxylic acids is 1. The van der Waals surface area contributed by atoms with Crippen LogP contribution in [0.25, 0.3) is 27.4 Å². The minimum atomic E-state index is -0.370. The molecule has 0 unspecified atom stereocenters.